The maximum absolute atomic E-state index is 13.1. The molecule has 0 atom stereocenters. The quantitative estimate of drug-likeness (QED) is 0.840. The second kappa shape index (κ2) is 5.85. The zero-order valence-corrected chi connectivity index (χ0v) is 10.1. The van der Waals surface area contributed by atoms with Crippen LogP contribution in [0.1, 0.15) is 30.1 Å². The Bertz CT molecular complexity index is 354. The third kappa shape index (κ3) is 3.63. The fourth-order valence-electron chi connectivity index (χ4n) is 1.12. The van der Waals surface area contributed by atoms with Gasteiger partial charge in [0.2, 0.25) is 0 Å². The van der Waals surface area contributed by atoms with Crippen molar-refractivity contribution in [3.05, 3.63) is 34.1 Å². The molecule has 0 aliphatic rings. The number of carbonyl (C=O) groups is 1. The Labute approximate surface area is 97.0 Å². The van der Waals surface area contributed by atoms with Crippen molar-refractivity contribution in [1.29, 1.82) is 0 Å². The molecule has 1 amide bonds. The molecule has 0 unspecified atom stereocenters. The maximum Gasteiger partial charge on any atom is 0.251 e. The zero-order chi connectivity index (χ0) is 11.3. The van der Waals surface area contributed by atoms with E-state index in [1.807, 2.05) is 6.92 Å². The SMILES string of the molecule is CCCCNC(=O)c1ccc(Br)c(F)c1. The van der Waals surface area contributed by atoms with Gasteiger partial charge in [-0.1, -0.05) is 13.3 Å². The van der Waals surface area contributed by atoms with Crippen LogP contribution in [-0.2, 0) is 0 Å². The highest BCUT2D eigenvalue weighted by Gasteiger charge is 2.07. The normalized spacial score (nSPS) is 10.1. The van der Waals surface area contributed by atoms with Gasteiger partial charge in [0.1, 0.15) is 5.82 Å². The summed E-state index contributed by atoms with van der Waals surface area (Å²) in [4.78, 5) is 11.5. The van der Waals surface area contributed by atoms with E-state index in [0.29, 0.717) is 16.6 Å². The molecule has 4 heteroatoms. The monoisotopic (exact) mass is 273 g/mol. The second-order valence-corrected chi connectivity index (χ2v) is 4.09. The summed E-state index contributed by atoms with van der Waals surface area (Å²) in [6, 6.07) is 4.35. The average molecular weight is 274 g/mol. The van der Waals surface area contributed by atoms with Crippen LogP contribution in [0.3, 0.4) is 0 Å². The van der Waals surface area contributed by atoms with E-state index in [-0.39, 0.29) is 5.91 Å². The fraction of sp³-hybridized carbons (Fsp3) is 0.364. The molecule has 1 rings (SSSR count). The Morgan fingerprint density at radius 2 is 2.27 bits per heavy atom. The van der Waals surface area contributed by atoms with Crippen LogP contribution in [0.2, 0.25) is 0 Å². The molecule has 0 aromatic heterocycles. The van der Waals surface area contributed by atoms with Crippen molar-refractivity contribution in [2.45, 2.75) is 19.8 Å². The van der Waals surface area contributed by atoms with E-state index in [1.54, 1.807) is 6.07 Å². The minimum Gasteiger partial charge on any atom is -0.352 e. The molecule has 1 aromatic carbocycles. The van der Waals surface area contributed by atoms with E-state index in [1.165, 1.54) is 12.1 Å². The van der Waals surface area contributed by atoms with Gasteiger partial charge in [-0.3, -0.25) is 4.79 Å². The summed E-state index contributed by atoms with van der Waals surface area (Å²) in [6.07, 6.45) is 1.96. The van der Waals surface area contributed by atoms with Crippen LogP contribution in [0.25, 0.3) is 0 Å². The molecule has 0 saturated carbocycles. The Morgan fingerprint density at radius 1 is 1.53 bits per heavy atom. The van der Waals surface area contributed by atoms with Crippen LogP contribution in [0.4, 0.5) is 4.39 Å². The first-order valence-corrected chi connectivity index (χ1v) is 5.67. The van der Waals surface area contributed by atoms with Crippen molar-refractivity contribution in [1.82, 2.24) is 5.32 Å². The van der Waals surface area contributed by atoms with Crippen LogP contribution in [0.15, 0.2) is 22.7 Å². The predicted octanol–water partition coefficient (Wildman–Crippen LogP) is 3.12. The lowest BCUT2D eigenvalue weighted by Gasteiger charge is -2.04. The van der Waals surface area contributed by atoms with Crippen LogP contribution in [-0.4, -0.2) is 12.5 Å². The van der Waals surface area contributed by atoms with E-state index in [4.69, 9.17) is 0 Å². The summed E-state index contributed by atoms with van der Waals surface area (Å²) < 4.78 is 13.5. The smallest absolute Gasteiger partial charge is 0.251 e. The molecule has 0 spiro atoms. The van der Waals surface area contributed by atoms with Gasteiger partial charge in [0.05, 0.1) is 4.47 Å². The lowest BCUT2D eigenvalue weighted by atomic mass is 10.2. The van der Waals surface area contributed by atoms with E-state index in [9.17, 15) is 9.18 Å². The molecule has 1 aromatic rings. The van der Waals surface area contributed by atoms with Crippen molar-refractivity contribution in [2.75, 3.05) is 6.54 Å². The van der Waals surface area contributed by atoms with Gasteiger partial charge in [0.25, 0.3) is 5.91 Å². The van der Waals surface area contributed by atoms with E-state index < -0.39 is 5.82 Å². The summed E-state index contributed by atoms with van der Waals surface area (Å²) in [5.74, 6) is -0.645. The Kier molecular flexibility index (Phi) is 4.75. The third-order valence-corrected chi connectivity index (χ3v) is 2.64. The molecular weight excluding hydrogens is 261 g/mol. The molecule has 0 bridgehead atoms. The van der Waals surface area contributed by atoms with Crippen molar-refractivity contribution < 1.29 is 9.18 Å². The first kappa shape index (κ1) is 12.2. The number of amides is 1. The Morgan fingerprint density at radius 3 is 2.87 bits per heavy atom. The minimum atomic E-state index is -0.418. The largest absolute Gasteiger partial charge is 0.352 e. The molecule has 1 N–H and O–H groups in total. The van der Waals surface area contributed by atoms with E-state index in [0.717, 1.165) is 12.8 Å². The van der Waals surface area contributed by atoms with Gasteiger partial charge in [-0.15, -0.1) is 0 Å². The maximum atomic E-state index is 13.1. The summed E-state index contributed by atoms with van der Waals surface area (Å²) in [5, 5.41) is 2.73. The van der Waals surface area contributed by atoms with Gasteiger partial charge in [-0.05, 0) is 40.5 Å². The van der Waals surface area contributed by atoms with Crippen molar-refractivity contribution in [2.24, 2.45) is 0 Å². The zero-order valence-electron chi connectivity index (χ0n) is 8.52. The van der Waals surface area contributed by atoms with Crippen molar-refractivity contribution >= 4 is 21.8 Å². The second-order valence-electron chi connectivity index (χ2n) is 3.24. The fourth-order valence-corrected chi connectivity index (χ4v) is 1.36. The van der Waals surface area contributed by atoms with E-state index in [2.05, 4.69) is 21.2 Å². The molecule has 0 heterocycles. The highest BCUT2D eigenvalue weighted by molar-refractivity contribution is 9.10. The first-order chi connectivity index (χ1) is 7.15. The number of carbonyl (C=O) groups excluding carboxylic acids is 1. The molecule has 0 saturated heterocycles. The van der Waals surface area contributed by atoms with Crippen LogP contribution in [0, 0.1) is 5.82 Å². The minimum absolute atomic E-state index is 0.227. The Hall–Kier alpha value is -0.900. The Balaban J connectivity index is 2.62. The lowest BCUT2D eigenvalue weighted by molar-refractivity contribution is 0.0952. The number of unbranched alkanes of at least 4 members (excludes halogenated alkanes) is 1. The summed E-state index contributed by atoms with van der Waals surface area (Å²) in [6.45, 7) is 2.68. The first-order valence-electron chi connectivity index (χ1n) is 4.88. The molecule has 15 heavy (non-hydrogen) atoms. The highest BCUT2D eigenvalue weighted by Crippen LogP contribution is 2.16. The van der Waals surface area contributed by atoms with Gasteiger partial charge in [0, 0.05) is 12.1 Å². The van der Waals surface area contributed by atoms with Gasteiger partial charge in [-0.25, -0.2) is 4.39 Å². The van der Waals surface area contributed by atoms with Gasteiger partial charge >= 0.3 is 0 Å². The lowest BCUT2D eigenvalue weighted by Crippen LogP contribution is -2.24. The molecule has 0 fully saturated rings. The molecule has 0 aliphatic carbocycles. The molecular formula is C11H13BrFNO. The standard InChI is InChI=1S/C11H13BrFNO/c1-2-3-6-14-11(15)8-4-5-9(12)10(13)7-8/h4-5,7H,2-3,6H2,1H3,(H,14,15). The summed E-state index contributed by atoms with van der Waals surface area (Å²) in [7, 11) is 0. The summed E-state index contributed by atoms with van der Waals surface area (Å²) >= 11 is 3.04. The van der Waals surface area contributed by atoms with Gasteiger partial charge in [0.15, 0.2) is 0 Å². The number of benzene rings is 1. The van der Waals surface area contributed by atoms with Crippen molar-refractivity contribution in [3.8, 4) is 0 Å². The van der Waals surface area contributed by atoms with Crippen LogP contribution >= 0.6 is 15.9 Å². The summed E-state index contributed by atoms with van der Waals surface area (Å²) in [5.41, 5.74) is 0.354. The average Bonchev–Trinajstić information content (AvgIpc) is 2.22. The van der Waals surface area contributed by atoms with Gasteiger partial charge in [-0.2, -0.15) is 0 Å². The van der Waals surface area contributed by atoms with Gasteiger partial charge < -0.3 is 5.32 Å². The number of hydrogen-bond donors (Lipinski definition) is 1. The molecule has 0 aliphatic heterocycles. The number of hydrogen-bond acceptors (Lipinski definition) is 1. The number of nitrogens with one attached hydrogen (secondary N) is 1. The van der Waals surface area contributed by atoms with E-state index >= 15 is 0 Å². The third-order valence-electron chi connectivity index (χ3n) is 2.00. The van der Waals surface area contributed by atoms with Crippen LogP contribution < -0.4 is 5.32 Å². The molecule has 0 radical (unpaired) electrons. The predicted molar refractivity (Wildman–Crippen MR) is 61.3 cm³/mol. The number of halogens is 2. The number of rotatable bonds is 4. The molecule has 2 nitrogen and oxygen atoms in total. The highest BCUT2D eigenvalue weighted by atomic mass is 79.9. The van der Waals surface area contributed by atoms with Crippen molar-refractivity contribution in [3.63, 3.8) is 0 Å². The van der Waals surface area contributed by atoms with Crippen LogP contribution in [0.5, 0.6) is 0 Å². The molecule has 82 valence electrons. The topological polar surface area (TPSA) is 29.1 Å².